The van der Waals surface area contributed by atoms with Gasteiger partial charge in [-0.2, -0.15) is 0 Å². The predicted octanol–water partition coefficient (Wildman–Crippen LogP) is 1.02. The van der Waals surface area contributed by atoms with Gasteiger partial charge in [0.1, 0.15) is 6.61 Å². The van der Waals surface area contributed by atoms with Crippen molar-refractivity contribution in [3.8, 4) is 0 Å². The minimum absolute atomic E-state index is 0.0511. The Balaban J connectivity index is 3.44. The van der Waals surface area contributed by atoms with E-state index in [1.807, 2.05) is 6.92 Å². The number of nitrogens with two attached hydrogens (primary N) is 1. The lowest BCUT2D eigenvalue weighted by atomic mass is 10.4. The van der Waals surface area contributed by atoms with E-state index >= 15 is 0 Å². The summed E-state index contributed by atoms with van der Waals surface area (Å²) < 4.78 is 15.8. The Morgan fingerprint density at radius 3 is 2.92 bits per heavy atom. The molecule has 0 aliphatic heterocycles. The van der Waals surface area contributed by atoms with Gasteiger partial charge in [-0.25, -0.2) is 0 Å². The molecule has 72 valence electrons. The van der Waals surface area contributed by atoms with E-state index in [-0.39, 0.29) is 12.4 Å². The molecule has 0 fully saturated rings. The fourth-order valence-electron chi connectivity index (χ4n) is 0.577. The van der Waals surface area contributed by atoms with Crippen molar-refractivity contribution in [3.63, 3.8) is 0 Å². The van der Waals surface area contributed by atoms with Crippen LogP contribution in [0.4, 0.5) is 0 Å². The monoisotopic (exact) mass is 194 g/mol. The molecule has 0 saturated carbocycles. The zero-order chi connectivity index (χ0) is 9.40. The van der Waals surface area contributed by atoms with Gasteiger partial charge in [0.15, 0.2) is 13.9 Å². The molecule has 12 heavy (non-hydrogen) atoms. The Hall–Kier alpha value is -0.540. The van der Waals surface area contributed by atoms with Crippen molar-refractivity contribution >= 4 is 13.9 Å². The third-order valence-corrected chi connectivity index (χ3v) is 2.47. The summed E-state index contributed by atoms with van der Waals surface area (Å²) in [6.07, 6.45) is 2.44. The molecule has 0 saturated heterocycles. The summed E-state index contributed by atoms with van der Waals surface area (Å²) in [6, 6.07) is 0. The van der Waals surface area contributed by atoms with E-state index in [2.05, 4.69) is 5.16 Å². The number of amidine groups is 1. The normalized spacial score (nSPS) is 14.6. The van der Waals surface area contributed by atoms with Crippen LogP contribution >= 0.6 is 8.03 Å². The van der Waals surface area contributed by atoms with Crippen LogP contribution < -0.4 is 5.73 Å². The lowest BCUT2D eigenvalue weighted by Gasteiger charge is -2.01. The fourth-order valence-corrected chi connectivity index (χ4v) is 1.67. The first-order valence-corrected chi connectivity index (χ1v) is 5.35. The molecule has 0 radical (unpaired) electrons. The Morgan fingerprint density at radius 2 is 2.42 bits per heavy atom. The van der Waals surface area contributed by atoms with Crippen molar-refractivity contribution in [2.24, 2.45) is 10.9 Å². The number of unbranched alkanes of at least 4 members (excludes halogenated alkanes) is 1. The van der Waals surface area contributed by atoms with Gasteiger partial charge in [0, 0.05) is 6.16 Å². The Labute approximate surface area is 72.5 Å². The summed E-state index contributed by atoms with van der Waals surface area (Å²) in [5, 5.41) is 10.8. The van der Waals surface area contributed by atoms with E-state index in [9.17, 15) is 4.57 Å². The minimum Gasteiger partial charge on any atom is -0.409 e. The zero-order valence-electron chi connectivity index (χ0n) is 7.12. The molecule has 0 aliphatic carbocycles. The van der Waals surface area contributed by atoms with Crippen LogP contribution in [-0.4, -0.2) is 23.8 Å². The van der Waals surface area contributed by atoms with Gasteiger partial charge in [0.05, 0.1) is 0 Å². The molecule has 0 spiro atoms. The van der Waals surface area contributed by atoms with E-state index in [1.54, 1.807) is 0 Å². The van der Waals surface area contributed by atoms with Crippen molar-refractivity contribution in [1.82, 2.24) is 0 Å². The molecule has 0 heterocycles. The molecule has 0 aromatic rings. The van der Waals surface area contributed by atoms with Gasteiger partial charge in [-0.15, -0.1) is 0 Å². The topological polar surface area (TPSA) is 84.9 Å². The highest BCUT2D eigenvalue weighted by molar-refractivity contribution is 7.39. The predicted molar refractivity (Wildman–Crippen MR) is 48.1 cm³/mol. The third-order valence-electron chi connectivity index (χ3n) is 1.24. The summed E-state index contributed by atoms with van der Waals surface area (Å²) in [5.41, 5.74) is 5.10. The summed E-state index contributed by atoms with van der Waals surface area (Å²) >= 11 is 0. The fraction of sp³-hybridized carbons (Fsp3) is 0.833. The second kappa shape index (κ2) is 7.13. The summed E-state index contributed by atoms with van der Waals surface area (Å²) in [6.45, 7) is 1.96. The summed E-state index contributed by atoms with van der Waals surface area (Å²) in [7, 11) is -1.98. The first kappa shape index (κ1) is 11.5. The quantitative estimate of drug-likeness (QED) is 0.217. The maximum atomic E-state index is 11.0. The molecule has 6 heteroatoms. The number of oxime groups is 1. The third kappa shape index (κ3) is 6.19. The standard InChI is InChI=1S/C6H15N2O3P/c1-2-3-4-12(10)11-5-6(7)8-9/h9,12H,2-5H2,1H3,(H2,7,8). The van der Waals surface area contributed by atoms with Gasteiger partial charge in [-0.05, 0) is 6.42 Å². The Morgan fingerprint density at radius 1 is 1.75 bits per heavy atom. The maximum Gasteiger partial charge on any atom is 0.192 e. The van der Waals surface area contributed by atoms with Crippen LogP contribution in [0.25, 0.3) is 0 Å². The molecule has 0 aromatic heterocycles. The Kier molecular flexibility index (Phi) is 6.81. The molecule has 0 aromatic carbocycles. The molecule has 3 N–H and O–H groups in total. The molecule has 1 unspecified atom stereocenters. The molecule has 0 rings (SSSR count). The van der Waals surface area contributed by atoms with Gasteiger partial charge < -0.3 is 15.5 Å². The number of rotatable bonds is 6. The first-order valence-electron chi connectivity index (χ1n) is 3.82. The van der Waals surface area contributed by atoms with Crippen molar-refractivity contribution in [2.45, 2.75) is 19.8 Å². The van der Waals surface area contributed by atoms with Crippen molar-refractivity contribution < 1.29 is 14.3 Å². The van der Waals surface area contributed by atoms with Crippen LogP contribution in [0.1, 0.15) is 19.8 Å². The van der Waals surface area contributed by atoms with Crippen LogP contribution in [0, 0.1) is 0 Å². The molecule has 0 bridgehead atoms. The molecular weight excluding hydrogens is 179 g/mol. The average Bonchev–Trinajstić information content (AvgIpc) is 2.10. The minimum atomic E-state index is -1.98. The van der Waals surface area contributed by atoms with Crippen LogP contribution in [0.3, 0.4) is 0 Å². The van der Waals surface area contributed by atoms with E-state index in [0.717, 1.165) is 12.8 Å². The van der Waals surface area contributed by atoms with E-state index in [1.165, 1.54) is 0 Å². The molecule has 5 nitrogen and oxygen atoms in total. The highest BCUT2D eigenvalue weighted by Gasteiger charge is 2.00. The van der Waals surface area contributed by atoms with Gasteiger partial charge in [0.2, 0.25) is 0 Å². The summed E-state index contributed by atoms with van der Waals surface area (Å²) in [5.74, 6) is -0.0511. The highest BCUT2D eigenvalue weighted by atomic mass is 31.1. The van der Waals surface area contributed by atoms with Gasteiger partial charge in [0.25, 0.3) is 0 Å². The number of nitrogens with zero attached hydrogens (tertiary/aromatic N) is 1. The van der Waals surface area contributed by atoms with Gasteiger partial charge in [-0.3, -0.25) is 4.57 Å². The van der Waals surface area contributed by atoms with Crippen molar-refractivity contribution in [3.05, 3.63) is 0 Å². The van der Waals surface area contributed by atoms with Crippen LogP contribution in [-0.2, 0) is 9.09 Å². The molecular formula is C6H15N2O3P. The number of hydrogen-bond donors (Lipinski definition) is 2. The van der Waals surface area contributed by atoms with E-state index < -0.39 is 8.03 Å². The zero-order valence-corrected chi connectivity index (χ0v) is 8.12. The highest BCUT2D eigenvalue weighted by Crippen LogP contribution is 2.22. The lowest BCUT2D eigenvalue weighted by Crippen LogP contribution is -2.17. The maximum absolute atomic E-state index is 11.0. The second-order valence-electron chi connectivity index (χ2n) is 2.36. The van der Waals surface area contributed by atoms with Crippen LogP contribution in [0.15, 0.2) is 5.16 Å². The van der Waals surface area contributed by atoms with E-state index in [4.69, 9.17) is 15.5 Å². The average molecular weight is 194 g/mol. The van der Waals surface area contributed by atoms with Crippen LogP contribution in [0.2, 0.25) is 0 Å². The lowest BCUT2D eigenvalue weighted by molar-refractivity contribution is 0.308. The van der Waals surface area contributed by atoms with Crippen molar-refractivity contribution in [1.29, 1.82) is 0 Å². The smallest absolute Gasteiger partial charge is 0.192 e. The van der Waals surface area contributed by atoms with Crippen molar-refractivity contribution in [2.75, 3.05) is 12.8 Å². The van der Waals surface area contributed by atoms with Gasteiger partial charge in [-0.1, -0.05) is 18.5 Å². The molecule has 0 amide bonds. The van der Waals surface area contributed by atoms with Crippen LogP contribution in [0.5, 0.6) is 0 Å². The first-order chi connectivity index (χ1) is 5.70. The second-order valence-corrected chi connectivity index (χ2v) is 3.89. The van der Waals surface area contributed by atoms with E-state index in [0.29, 0.717) is 6.16 Å². The summed E-state index contributed by atoms with van der Waals surface area (Å²) in [4.78, 5) is 0. The SMILES string of the molecule is CCCC[PH](=O)OCC(N)=NO. The largest absolute Gasteiger partial charge is 0.409 e. The molecule has 0 aliphatic rings. The van der Waals surface area contributed by atoms with Gasteiger partial charge >= 0.3 is 0 Å². The Bertz CT molecular complexity index is 172. The molecule has 1 atom stereocenters. The number of hydrogen-bond acceptors (Lipinski definition) is 4.